The van der Waals surface area contributed by atoms with Gasteiger partial charge in [-0.2, -0.15) is 0 Å². The molecule has 1 atom stereocenters. The highest BCUT2D eigenvalue weighted by Crippen LogP contribution is 2.28. The summed E-state index contributed by atoms with van der Waals surface area (Å²) in [5.74, 6) is 0. The van der Waals surface area contributed by atoms with Gasteiger partial charge in [-0.15, -0.1) is 0 Å². The maximum atomic E-state index is 14.7. The lowest BCUT2D eigenvalue weighted by Crippen LogP contribution is -2.44. The summed E-state index contributed by atoms with van der Waals surface area (Å²) in [7, 11) is -1.77. The summed E-state index contributed by atoms with van der Waals surface area (Å²) >= 11 is 0. The van der Waals surface area contributed by atoms with E-state index < -0.39 is 57.2 Å². The molecule has 0 saturated heterocycles. The molecule has 1 unspecified atom stereocenters. The van der Waals surface area contributed by atoms with E-state index in [0.717, 1.165) is 56.3 Å². The topological polar surface area (TPSA) is 83.1 Å². The molecule has 0 radical (unpaired) electrons. The van der Waals surface area contributed by atoms with Crippen LogP contribution in [-0.4, -0.2) is 107 Å². The van der Waals surface area contributed by atoms with Crippen molar-refractivity contribution in [3.05, 3.63) is 0 Å². The SMILES string of the molecule is CO[Si](CCCCCCCC[Si](C)(C)O[Si](C)(C)CCCCC(F)OCCC[Si](C)(C)O[Si](C)(C)CCCCCCCC[Si](OC)(OC)OC)(OC)OC. The van der Waals surface area contributed by atoms with E-state index >= 15 is 0 Å². The zero-order chi connectivity index (χ0) is 41.2. The first-order valence-corrected chi connectivity index (χ1v) is 37.6. The average molecular weight is 878 g/mol. The lowest BCUT2D eigenvalue weighted by atomic mass is 10.1. The number of hydrogen-bond donors (Lipinski definition) is 0. The summed E-state index contributed by atoms with van der Waals surface area (Å²) in [5.41, 5.74) is 0. The summed E-state index contributed by atoms with van der Waals surface area (Å²) < 4.78 is 67.1. The predicted molar refractivity (Wildman–Crippen MR) is 239 cm³/mol. The first kappa shape index (κ1) is 54.9. The second-order valence-corrected chi connectivity index (χ2v) is 41.6. The van der Waals surface area contributed by atoms with E-state index in [-0.39, 0.29) is 0 Å². The molecule has 0 aliphatic rings. The van der Waals surface area contributed by atoms with E-state index in [0.29, 0.717) is 13.0 Å². The fourth-order valence-corrected chi connectivity index (χ4v) is 29.2. The first-order chi connectivity index (χ1) is 25.3. The monoisotopic (exact) mass is 877 g/mol. The van der Waals surface area contributed by atoms with Gasteiger partial charge >= 0.3 is 17.6 Å². The summed E-state index contributed by atoms with van der Waals surface area (Å²) in [6.07, 6.45) is 16.6. The molecule has 0 rings (SSSR count). The van der Waals surface area contributed by atoms with Gasteiger partial charge in [0, 0.05) is 67.8 Å². The predicted octanol–water partition coefficient (Wildman–Crippen LogP) is 12.1. The normalized spacial score (nSPS) is 14.3. The lowest BCUT2D eigenvalue weighted by molar-refractivity contribution is -0.0442. The van der Waals surface area contributed by atoms with Crippen LogP contribution in [0.3, 0.4) is 0 Å². The van der Waals surface area contributed by atoms with Gasteiger partial charge in [-0.25, -0.2) is 4.39 Å². The molecule has 0 fully saturated rings. The molecule has 0 aromatic carbocycles. The van der Waals surface area contributed by atoms with Crippen LogP contribution < -0.4 is 0 Å². The van der Waals surface area contributed by atoms with Crippen LogP contribution in [0.2, 0.25) is 88.6 Å². The highest BCUT2D eigenvalue weighted by Gasteiger charge is 2.38. The molecule has 0 amide bonds. The molecule has 0 N–H and O–H groups in total. The Morgan fingerprint density at radius 3 is 0.926 bits per heavy atom. The summed E-state index contributed by atoms with van der Waals surface area (Å²) in [6.45, 7) is 19.3. The molecule has 0 aliphatic heterocycles. The van der Waals surface area contributed by atoms with Gasteiger partial charge in [0.05, 0.1) is 0 Å². The maximum absolute atomic E-state index is 14.7. The van der Waals surface area contributed by atoms with Crippen molar-refractivity contribution in [2.45, 2.75) is 198 Å². The molecular weight excluding hydrogens is 788 g/mol. The Labute approximate surface area is 340 Å². The number of halogens is 1. The van der Waals surface area contributed by atoms with Gasteiger partial charge in [0.15, 0.2) is 39.6 Å². The molecule has 0 heterocycles. The Morgan fingerprint density at radius 1 is 0.352 bits per heavy atom. The maximum Gasteiger partial charge on any atom is 0.500 e. The minimum Gasteiger partial charge on any atom is -0.455 e. The lowest BCUT2D eigenvalue weighted by Gasteiger charge is -2.34. The van der Waals surface area contributed by atoms with Crippen LogP contribution in [0.25, 0.3) is 0 Å². The van der Waals surface area contributed by atoms with Crippen molar-refractivity contribution in [1.29, 1.82) is 0 Å². The minimum absolute atomic E-state index is 0.476. The van der Waals surface area contributed by atoms with Gasteiger partial charge < -0.3 is 39.5 Å². The minimum atomic E-state index is -2.43. The van der Waals surface area contributed by atoms with Crippen molar-refractivity contribution < 1.29 is 43.9 Å². The van der Waals surface area contributed by atoms with E-state index in [1.54, 1.807) is 42.7 Å². The largest absolute Gasteiger partial charge is 0.500 e. The van der Waals surface area contributed by atoms with Crippen LogP contribution in [0.15, 0.2) is 0 Å². The third-order valence-electron chi connectivity index (χ3n) is 10.7. The molecule has 0 saturated carbocycles. The Hall–Kier alpha value is 0.871. The summed E-state index contributed by atoms with van der Waals surface area (Å²) in [5, 5.41) is 0. The fraction of sp³-hybridized carbons (Fsp3) is 1.00. The van der Waals surface area contributed by atoms with Crippen LogP contribution in [0.1, 0.15) is 103 Å². The van der Waals surface area contributed by atoms with Crippen molar-refractivity contribution in [3.8, 4) is 0 Å². The molecule has 0 bridgehead atoms. The molecule has 0 aromatic heterocycles. The second-order valence-electron chi connectivity index (χ2n) is 17.7. The molecular formula is C38H89FO9Si6. The Kier molecular flexibility index (Phi) is 29.6. The van der Waals surface area contributed by atoms with E-state index in [1.807, 2.05) is 0 Å². The van der Waals surface area contributed by atoms with Crippen LogP contribution in [0, 0.1) is 0 Å². The molecule has 0 spiro atoms. The third-order valence-corrected chi connectivity index (χ3v) is 31.4. The van der Waals surface area contributed by atoms with Gasteiger partial charge in [-0.1, -0.05) is 70.6 Å². The second kappa shape index (κ2) is 29.2. The zero-order valence-electron chi connectivity index (χ0n) is 37.9. The van der Waals surface area contributed by atoms with E-state index in [4.69, 9.17) is 39.5 Å². The molecule has 16 heteroatoms. The third kappa shape index (κ3) is 26.8. The van der Waals surface area contributed by atoms with Gasteiger partial charge in [0.2, 0.25) is 0 Å². The number of alkyl halides is 1. The molecule has 0 aliphatic carbocycles. The van der Waals surface area contributed by atoms with E-state index in [9.17, 15) is 4.39 Å². The van der Waals surface area contributed by atoms with Crippen molar-refractivity contribution in [2.24, 2.45) is 0 Å². The summed E-state index contributed by atoms with van der Waals surface area (Å²) in [6, 6.07) is 6.28. The van der Waals surface area contributed by atoms with Crippen molar-refractivity contribution in [3.63, 3.8) is 0 Å². The number of rotatable bonds is 38. The number of unbranched alkanes of at least 4 members (excludes halogenated alkanes) is 11. The highest BCUT2D eigenvalue weighted by molar-refractivity contribution is 6.85. The standard InChI is InChI=1S/C38H89FO9Si6/c1-40-53(41-2,42-3)36-26-21-17-15-19-24-32-49(7,8)47-51(11,12)34-28-23-30-38(39)46-31-29-35-52(13,14)48-50(9,10)33-25-20-16-18-22-27-37-54(43-4,44-5)45-6/h38H,15-37H2,1-14H3. The van der Waals surface area contributed by atoms with Crippen molar-refractivity contribution in [1.82, 2.24) is 0 Å². The smallest absolute Gasteiger partial charge is 0.455 e. The number of ether oxygens (including phenoxy) is 1. The quantitative estimate of drug-likeness (QED) is 0.0445. The van der Waals surface area contributed by atoms with Crippen LogP contribution in [0.4, 0.5) is 4.39 Å². The molecule has 54 heavy (non-hydrogen) atoms. The van der Waals surface area contributed by atoms with Gasteiger partial charge in [-0.3, -0.25) is 0 Å². The molecule has 9 nitrogen and oxygen atoms in total. The Balaban J connectivity index is 4.11. The van der Waals surface area contributed by atoms with Gasteiger partial charge in [0.1, 0.15) is 0 Å². The fourth-order valence-electron chi connectivity index (χ4n) is 7.66. The zero-order valence-corrected chi connectivity index (χ0v) is 43.9. The van der Waals surface area contributed by atoms with Crippen molar-refractivity contribution in [2.75, 3.05) is 49.3 Å². The van der Waals surface area contributed by atoms with Crippen LogP contribution >= 0.6 is 0 Å². The Morgan fingerprint density at radius 2 is 0.611 bits per heavy atom. The van der Waals surface area contributed by atoms with Crippen LogP contribution in [-0.2, 0) is 39.5 Å². The molecule has 0 aromatic rings. The first-order valence-electron chi connectivity index (χ1n) is 21.3. The number of hydrogen-bond acceptors (Lipinski definition) is 9. The van der Waals surface area contributed by atoms with E-state index in [1.165, 1.54) is 76.3 Å². The average Bonchev–Trinajstić information content (AvgIpc) is 3.10. The summed E-state index contributed by atoms with van der Waals surface area (Å²) in [4.78, 5) is 0. The van der Waals surface area contributed by atoms with Crippen molar-refractivity contribution >= 4 is 50.9 Å². The van der Waals surface area contributed by atoms with E-state index in [2.05, 4.69) is 52.4 Å². The van der Waals surface area contributed by atoms with Gasteiger partial charge in [0.25, 0.3) is 0 Å². The Bertz CT molecular complexity index is 826. The molecule has 326 valence electrons. The van der Waals surface area contributed by atoms with Gasteiger partial charge in [-0.05, 0) is 102 Å². The highest BCUT2D eigenvalue weighted by atomic mass is 28.4. The van der Waals surface area contributed by atoms with Crippen LogP contribution in [0.5, 0.6) is 0 Å².